The molecule has 2 aliphatic carbocycles. The molecule has 0 saturated heterocycles. The lowest BCUT2D eigenvalue weighted by molar-refractivity contribution is 0.309. The van der Waals surface area contributed by atoms with E-state index in [1.165, 1.54) is 38.5 Å². The normalized spacial score (nSPS) is 41.8. The predicted octanol–water partition coefficient (Wildman–Crippen LogP) is 3.34. The Kier molecular flexibility index (Phi) is 2.88. The average Bonchev–Trinajstić information content (AvgIpc) is 2.79. The standard InChI is InChI=1S/C13H25N/c1-10-9-12(10)14-11-5-4-7-13(2,3)8-6-11/h10-12,14H,4-9H2,1-3H3. The molecule has 0 aromatic carbocycles. The SMILES string of the molecule is CC1CC1NC1CCCC(C)(C)CC1. The Bertz CT molecular complexity index is 197. The second-order valence-corrected chi connectivity index (χ2v) is 6.28. The van der Waals surface area contributed by atoms with Gasteiger partial charge in [-0.3, -0.25) is 0 Å². The van der Waals surface area contributed by atoms with E-state index in [0.29, 0.717) is 5.41 Å². The molecule has 82 valence electrons. The molecule has 2 saturated carbocycles. The van der Waals surface area contributed by atoms with Gasteiger partial charge in [-0.2, -0.15) is 0 Å². The largest absolute Gasteiger partial charge is 0.311 e. The number of hydrogen-bond donors (Lipinski definition) is 1. The van der Waals surface area contributed by atoms with E-state index in [9.17, 15) is 0 Å². The van der Waals surface area contributed by atoms with E-state index in [0.717, 1.165) is 18.0 Å². The first kappa shape index (κ1) is 10.5. The van der Waals surface area contributed by atoms with Crippen LogP contribution >= 0.6 is 0 Å². The number of rotatable bonds is 2. The van der Waals surface area contributed by atoms with E-state index >= 15 is 0 Å². The van der Waals surface area contributed by atoms with E-state index in [-0.39, 0.29) is 0 Å². The molecule has 0 aromatic heterocycles. The smallest absolute Gasteiger partial charge is 0.00989 e. The highest BCUT2D eigenvalue weighted by Crippen LogP contribution is 2.36. The number of hydrogen-bond acceptors (Lipinski definition) is 1. The first-order valence-corrected chi connectivity index (χ1v) is 6.33. The van der Waals surface area contributed by atoms with Crippen molar-refractivity contribution in [3.05, 3.63) is 0 Å². The van der Waals surface area contributed by atoms with Crippen molar-refractivity contribution >= 4 is 0 Å². The maximum Gasteiger partial charge on any atom is 0.00989 e. The molecule has 0 heterocycles. The lowest BCUT2D eigenvalue weighted by Gasteiger charge is -2.22. The summed E-state index contributed by atoms with van der Waals surface area (Å²) in [6.45, 7) is 7.21. The molecule has 0 spiro atoms. The molecule has 2 aliphatic rings. The van der Waals surface area contributed by atoms with E-state index in [1.54, 1.807) is 0 Å². The van der Waals surface area contributed by atoms with Gasteiger partial charge in [0.1, 0.15) is 0 Å². The summed E-state index contributed by atoms with van der Waals surface area (Å²) in [5.74, 6) is 0.950. The molecular weight excluding hydrogens is 170 g/mol. The fraction of sp³-hybridized carbons (Fsp3) is 1.00. The minimum atomic E-state index is 0.603. The molecule has 14 heavy (non-hydrogen) atoms. The topological polar surface area (TPSA) is 12.0 Å². The Morgan fingerprint density at radius 2 is 1.86 bits per heavy atom. The summed E-state index contributed by atoms with van der Waals surface area (Å²) in [5, 5.41) is 3.82. The van der Waals surface area contributed by atoms with Crippen LogP contribution in [-0.2, 0) is 0 Å². The van der Waals surface area contributed by atoms with Gasteiger partial charge in [0.05, 0.1) is 0 Å². The second-order valence-electron chi connectivity index (χ2n) is 6.28. The Morgan fingerprint density at radius 3 is 2.50 bits per heavy atom. The monoisotopic (exact) mass is 195 g/mol. The van der Waals surface area contributed by atoms with Crippen molar-refractivity contribution in [3.8, 4) is 0 Å². The van der Waals surface area contributed by atoms with Crippen LogP contribution in [0.15, 0.2) is 0 Å². The van der Waals surface area contributed by atoms with Crippen LogP contribution < -0.4 is 5.32 Å². The van der Waals surface area contributed by atoms with Gasteiger partial charge in [0.2, 0.25) is 0 Å². The van der Waals surface area contributed by atoms with Crippen molar-refractivity contribution in [2.75, 3.05) is 0 Å². The van der Waals surface area contributed by atoms with Crippen LogP contribution in [0.25, 0.3) is 0 Å². The van der Waals surface area contributed by atoms with E-state index in [2.05, 4.69) is 26.1 Å². The molecule has 1 N–H and O–H groups in total. The van der Waals surface area contributed by atoms with Gasteiger partial charge in [-0.1, -0.05) is 27.2 Å². The molecular formula is C13H25N. The molecule has 2 fully saturated rings. The number of nitrogens with one attached hydrogen (secondary N) is 1. The fourth-order valence-electron chi connectivity index (χ4n) is 2.69. The lowest BCUT2D eigenvalue weighted by atomic mass is 9.85. The quantitative estimate of drug-likeness (QED) is 0.666. The third-order valence-corrected chi connectivity index (χ3v) is 4.13. The summed E-state index contributed by atoms with van der Waals surface area (Å²) in [7, 11) is 0. The van der Waals surface area contributed by atoms with Crippen molar-refractivity contribution in [1.29, 1.82) is 0 Å². The van der Waals surface area contributed by atoms with Crippen molar-refractivity contribution in [2.24, 2.45) is 11.3 Å². The van der Waals surface area contributed by atoms with Gasteiger partial charge < -0.3 is 5.32 Å². The summed E-state index contributed by atoms with van der Waals surface area (Å²) in [6, 6.07) is 1.69. The van der Waals surface area contributed by atoms with Gasteiger partial charge in [-0.05, 0) is 43.4 Å². The molecule has 0 amide bonds. The van der Waals surface area contributed by atoms with Crippen LogP contribution in [0.3, 0.4) is 0 Å². The third-order valence-electron chi connectivity index (χ3n) is 4.13. The molecule has 0 aliphatic heterocycles. The first-order valence-electron chi connectivity index (χ1n) is 6.33. The Hall–Kier alpha value is -0.0400. The van der Waals surface area contributed by atoms with Crippen LogP contribution in [0.2, 0.25) is 0 Å². The summed E-state index contributed by atoms with van der Waals surface area (Å²) >= 11 is 0. The molecule has 0 bridgehead atoms. The van der Waals surface area contributed by atoms with Crippen LogP contribution in [0, 0.1) is 11.3 Å². The van der Waals surface area contributed by atoms with Crippen molar-refractivity contribution in [1.82, 2.24) is 5.32 Å². The van der Waals surface area contributed by atoms with E-state index in [4.69, 9.17) is 0 Å². The van der Waals surface area contributed by atoms with Crippen LogP contribution in [0.4, 0.5) is 0 Å². The maximum atomic E-state index is 3.82. The molecule has 1 nitrogen and oxygen atoms in total. The molecule has 2 rings (SSSR count). The summed E-state index contributed by atoms with van der Waals surface area (Å²) in [6.07, 6.45) is 8.48. The predicted molar refractivity (Wildman–Crippen MR) is 61.4 cm³/mol. The Labute approximate surface area is 88.7 Å². The summed E-state index contributed by atoms with van der Waals surface area (Å²) in [4.78, 5) is 0. The summed E-state index contributed by atoms with van der Waals surface area (Å²) in [5.41, 5.74) is 0.603. The molecule has 0 aromatic rings. The Balaban J connectivity index is 1.77. The zero-order valence-corrected chi connectivity index (χ0v) is 9.97. The van der Waals surface area contributed by atoms with Gasteiger partial charge in [0.15, 0.2) is 0 Å². The van der Waals surface area contributed by atoms with Crippen molar-refractivity contribution in [3.63, 3.8) is 0 Å². The van der Waals surface area contributed by atoms with Crippen molar-refractivity contribution < 1.29 is 0 Å². The summed E-state index contributed by atoms with van der Waals surface area (Å²) < 4.78 is 0. The first-order chi connectivity index (χ1) is 6.57. The van der Waals surface area contributed by atoms with Gasteiger partial charge >= 0.3 is 0 Å². The van der Waals surface area contributed by atoms with Gasteiger partial charge in [0, 0.05) is 12.1 Å². The maximum absolute atomic E-state index is 3.82. The third kappa shape index (κ3) is 2.73. The second kappa shape index (κ2) is 3.84. The molecule has 3 atom stereocenters. The minimum Gasteiger partial charge on any atom is -0.311 e. The Morgan fingerprint density at radius 1 is 1.14 bits per heavy atom. The average molecular weight is 195 g/mol. The van der Waals surface area contributed by atoms with E-state index in [1.807, 2.05) is 0 Å². The molecule has 1 heteroatoms. The minimum absolute atomic E-state index is 0.603. The van der Waals surface area contributed by atoms with Gasteiger partial charge in [0.25, 0.3) is 0 Å². The van der Waals surface area contributed by atoms with E-state index < -0.39 is 0 Å². The molecule has 3 unspecified atom stereocenters. The van der Waals surface area contributed by atoms with Gasteiger partial charge in [-0.15, -0.1) is 0 Å². The zero-order valence-electron chi connectivity index (χ0n) is 9.97. The zero-order chi connectivity index (χ0) is 10.2. The fourth-order valence-corrected chi connectivity index (χ4v) is 2.69. The van der Waals surface area contributed by atoms with Gasteiger partial charge in [-0.25, -0.2) is 0 Å². The highest BCUT2D eigenvalue weighted by atomic mass is 15.0. The molecule has 0 radical (unpaired) electrons. The van der Waals surface area contributed by atoms with Crippen LogP contribution in [0.5, 0.6) is 0 Å². The van der Waals surface area contributed by atoms with Crippen LogP contribution in [0.1, 0.15) is 59.3 Å². The van der Waals surface area contributed by atoms with Crippen molar-refractivity contribution in [2.45, 2.75) is 71.4 Å². The lowest BCUT2D eigenvalue weighted by Crippen LogP contribution is -2.31. The highest BCUT2D eigenvalue weighted by Gasteiger charge is 2.35. The highest BCUT2D eigenvalue weighted by molar-refractivity contribution is 4.93. The van der Waals surface area contributed by atoms with Crippen LogP contribution in [-0.4, -0.2) is 12.1 Å².